The fourth-order valence-corrected chi connectivity index (χ4v) is 0.250. The lowest BCUT2D eigenvalue weighted by atomic mass is 10.0. The molecule has 0 aromatic heterocycles. The maximum absolute atomic E-state index is 7.76. The number of piperidine rings is 1. The van der Waals surface area contributed by atoms with E-state index in [-0.39, 0.29) is 0 Å². The molecule has 1 fully saturated rings. The third-order valence-corrected chi connectivity index (χ3v) is 0.500. The lowest BCUT2D eigenvalue weighted by Gasteiger charge is -2.17. The van der Waals surface area contributed by atoms with Gasteiger partial charge >= 0.3 is 0 Å². The molecule has 7 heavy (non-hydrogen) atoms. The molecule has 1 heteroatoms. The molecular weight excluding hydrogens is 86.1 g/mol. The van der Waals surface area contributed by atoms with Crippen LogP contribution in [0.2, 0.25) is 0 Å². The quantitative estimate of drug-likeness (QED) is 0.492. The van der Waals surface area contributed by atoms with Gasteiger partial charge < -0.3 is 5.32 Å². The van der Waals surface area contributed by atoms with Crippen molar-refractivity contribution in [3.63, 3.8) is 0 Å². The van der Waals surface area contributed by atoms with Crippen molar-refractivity contribution < 1.29 is 16.4 Å². The van der Waals surface area contributed by atoms with Crippen LogP contribution >= 0.6 is 0 Å². The monoisotopic (exact) mass is 111 g/mol. The molecule has 0 aliphatic carbocycles. The molecule has 1 saturated heterocycles. The minimum absolute atomic E-state index is 1.49. The molecule has 0 aromatic carbocycles. The first-order valence-corrected chi connectivity index (χ1v) is 1.75. The molecule has 0 bridgehead atoms. The maximum Gasteiger partial charge on any atom is 0.0428 e. The summed E-state index contributed by atoms with van der Waals surface area (Å²) in [5.41, 5.74) is 0. The fraction of sp³-hybridized carbons (Fsp3) is 1.00. The molecule has 1 rings (SSSR count). The number of rotatable bonds is 0. The first-order chi connectivity index (χ1) is 7.96. The molecule has 0 atom stereocenters. The van der Waals surface area contributed by atoms with E-state index in [1.807, 2.05) is 0 Å². The summed E-state index contributed by atoms with van der Waals surface area (Å²) >= 11 is 0. The average molecular weight is 111 g/mol. The van der Waals surface area contributed by atoms with Gasteiger partial charge in [0.05, 0.1) is 0 Å². The van der Waals surface area contributed by atoms with Crippen LogP contribution in [0.4, 0.5) is 0 Å². The van der Waals surface area contributed by atoms with Gasteiger partial charge in [-0.1, -0.05) is 6.85 Å². The highest BCUT2D eigenvalue weighted by Gasteiger charge is 2.04. The van der Waals surface area contributed by atoms with Gasteiger partial charge in [-0.3, -0.25) is 0 Å². The molecular formula is C6H13N. The minimum Gasteiger partial charge on any atom is -0.317 e. The van der Waals surface area contributed by atoms with Gasteiger partial charge in [-0.25, -0.2) is 0 Å². The fourth-order valence-electron chi connectivity index (χ4n) is 0.250. The predicted octanol–water partition coefficient (Wildman–Crippen LogP) is 1.01. The van der Waals surface area contributed by atoms with Crippen molar-refractivity contribution in [2.45, 2.75) is 19.6 Å². The standard InChI is InChI=1S/C6H13N/c1-6-2-4-7-5-3-6/h6-7H,2-5H2,1H3/i1D3,2D2,3D2,4D2,5D2,6D. The van der Waals surface area contributed by atoms with Crippen LogP contribution in [0.15, 0.2) is 0 Å². The largest absolute Gasteiger partial charge is 0.317 e. The number of nitrogens with one attached hydrogen (secondary N) is 1. The van der Waals surface area contributed by atoms with Crippen LogP contribution in [0.5, 0.6) is 0 Å². The third-order valence-electron chi connectivity index (χ3n) is 0.500. The topological polar surface area (TPSA) is 12.0 Å². The van der Waals surface area contributed by atoms with Crippen molar-refractivity contribution in [1.82, 2.24) is 5.32 Å². The second kappa shape index (κ2) is 2.31. The number of hydrogen-bond donors (Lipinski definition) is 1. The van der Waals surface area contributed by atoms with Crippen molar-refractivity contribution in [2.75, 3.05) is 13.0 Å². The summed E-state index contributed by atoms with van der Waals surface area (Å²) in [5, 5.41) is 1.49. The van der Waals surface area contributed by atoms with Gasteiger partial charge in [0.2, 0.25) is 0 Å². The molecule has 0 saturated carbocycles. The van der Waals surface area contributed by atoms with Gasteiger partial charge in [0.15, 0.2) is 0 Å². The summed E-state index contributed by atoms with van der Waals surface area (Å²) in [5.74, 6) is -3.62. The molecule has 0 aromatic rings. The Morgan fingerprint density at radius 2 is 2.57 bits per heavy atom. The van der Waals surface area contributed by atoms with E-state index in [1.54, 1.807) is 0 Å². The van der Waals surface area contributed by atoms with Gasteiger partial charge in [-0.2, -0.15) is 0 Å². The highest BCUT2D eigenvalue weighted by Crippen LogP contribution is 2.08. The van der Waals surface area contributed by atoms with Crippen molar-refractivity contribution >= 4 is 0 Å². The Balaban J connectivity index is 3.70. The number of hydrogen-bond acceptors (Lipinski definition) is 1. The molecule has 1 nitrogen and oxygen atoms in total. The van der Waals surface area contributed by atoms with Crippen LogP contribution in [-0.2, 0) is 0 Å². The molecule has 0 unspecified atom stereocenters. The third kappa shape index (κ3) is 1.48. The highest BCUT2D eigenvalue weighted by atomic mass is 14.9. The van der Waals surface area contributed by atoms with E-state index in [2.05, 4.69) is 0 Å². The second-order valence-electron chi connectivity index (χ2n) is 1.00. The van der Waals surface area contributed by atoms with Gasteiger partial charge in [-0.05, 0) is 31.6 Å². The summed E-state index contributed by atoms with van der Waals surface area (Å²) in [6, 6.07) is 0. The van der Waals surface area contributed by atoms with Crippen LogP contribution in [0.3, 0.4) is 0 Å². The Kier molecular flexibility index (Phi) is 0.227. The summed E-state index contributed by atoms with van der Waals surface area (Å²) in [4.78, 5) is 0. The van der Waals surface area contributed by atoms with Crippen molar-refractivity contribution in [3.05, 3.63) is 0 Å². The summed E-state index contributed by atoms with van der Waals surface area (Å²) < 4.78 is 89.1. The van der Waals surface area contributed by atoms with Crippen molar-refractivity contribution in [1.29, 1.82) is 0 Å². The molecule has 0 radical (unpaired) electrons. The Morgan fingerprint density at radius 3 is 3.14 bits per heavy atom. The first-order valence-electron chi connectivity index (χ1n) is 7.75. The summed E-state index contributed by atoms with van der Waals surface area (Å²) in [7, 11) is 0. The Labute approximate surface area is 62.0 Å². The zero-order chi connectivity index (χ0) is 15.7. The van der Waals surface area contributed by atoms with Crippen LogP contribution in [0.25, 0.3) is 0 Å². The molecule has 42 valence electrons. The van der Waals surface area contributed by atoms with E-state index in [4.69, 9.17) is 16.4 Å². The normalized spacial score (nSPS) is 85.7. The van der Waals surface area contributed by atoms with Crippen LogP contribution in [-0.4, -0.2) is 13.0 Å². The van der Waals surface area contributed by atoms with Crippen LogP contribution in [0.1, 0.15) is 36.0 Å². The molecule has 1 N–H and O–H groups in total. The van der Waals surface area contributed by atoms with E-state index in [0.29, 0.717) is 0 Å². The van der Waals surface area contributed by atoms with Crippen LogP contribution in [0, 0.1) is 5.89 Å². The molecule has 0 spiro atoms. The van der Waals surface area contributed by atoms with E-state index in [1.165, 1.54) is 5.32 Å². The molecule has 1 aliphatic rings. The Morgan fingerprint density at radius 1 is 1.86 bits per heavy atom. The molecule has 0 amide bonds. The van der Waals surface area contributed by atoms with Crippen molar-refractivity contribution in [2.24, 2.45) is 5.89 Å². The first kappa shape index (κ1) is 0.688. The lowest BCUT2D eigenvalue weighted by molar-refractivity contribution is 0.402. The zero-order valence-electron chi connectivity index (χ0n) is 15.5. The van der Waals surface area contributed by atoms with Gasteiger partial charge in [0, 0.05) is 16.4 Å². The lowest BCUT2D eigenvalue weighted by Crippen LogP contribution is -2.26. The smallest absolute Gasteiger partial charge is 0.0428 e. The molecule has 1 heterocycles. The maximum atomic E-state index is 7.76. The van der Waals surface area contributed by atoms with Gasteiger partial charge in [0.1, 0.15) is 0 Å². The predicted molar refractivity (Wildman–Crippen MR) is 31.3 cm³/mol. The van der Waals surface area contributed by atoms with E-state index in [9.17, 15) is 0 Å². The second-order valence-corrected chi connectivity index (χ2v) is 1.00. The van der Waals surface area contributed by atoms with Crippen LogP contribution < -0.4 is 5.32 Å². The SMILES string of the molecule is [2H]C([2H])([2H])C1([2H])C([2H])([2H])C([2H])([2H])NC([2H])([2H])C1([2H])[2H]. The van der Waals surface area contributed by atoms with E-state index >= 15 is 0 Å². The average Bonchev–Trinajstić information content (AvgIpc) is 2.10. The van der Waals surface area contributed by atoms with E-state index < -0.39 is 38.5 Å². The highest BCUT2D eigenvalue weighted by molar-refractivity contribution is 4.62. The van der Waals surface area contributed by atoms with Crippen molar-refractivity contribution in [3.8, 4) is 0 Å². The van der Waals surface area contributed by atoms with Gasteiger partial charge in [0.25, 0.3) is 0 Å². The molecule has 1 aliphatic heterocycles. The minimum atomic E-state index is -3.62. The van der Waals surface area contributed by atoms with E-state index in [0.717, 1.165) is 0 Å². The zero-order valence-corrected chi connectivity index (χ0v) is 3.50. The summed E-state index contributed by atoms with van der Waals surface area (Å²) in [6.07, 6.45) is -6.97. The summed E-state index contributed by atoms with van der Waals surface area (Å²) in [6.45, 7) is -10.0. The Hall–Kier alpha value is -0.0400. The Bertz CT molecular complexity index is 354. The van der Waals surface area contributed by atoms with Gasteiger partial charge in [-0.15, -0.1) is 0 Å².